The van der Waals surface area contributed by atoms with Gasteiger partial charge in [0.25, 0.3) is 0 Å². The first-order valence-corrected chi connectivity index (χ1v) is 6.79. The number of carbonyl (C=O) groups excluding carboxylic acids is 1. The summed E-state index contributed by atoms with van der Waals surface area (Å²) >= 11 is 1.52. The van der Waals surface area contributed by atoms with Crippen LogP contribution in [-0.4, -0.2) is 35.5 Å². The Bertz CT molecular complexity index is 660. The summed E-state index contributed by atoms with van der Waals surface area (Å²) in [5.74, 6) is 0.594. The SMILES string of the molecule is CC(=O)Nc1ccc(SC2=NC=NC3=NC=NC32)cc1. The van der Waals surface area contributed by atoms with Crippen molar-refractivity contribution in [3.8, 4) is 0 Å². The van der Waals surface area contributed by atoms with Crippen molar-refractivity contribution in [2.24, 2.45) is 20.0 Å². The average molecular weight is 285 g/mol. The Kier molecular flexibility index (Phi) is 3.42. The van der Waals surface area contributed by atoms with E-state index in [-0.39, 0.29) is 11.9 Å². The summed E-state index contributed by atoms with van der Waals surface area (Å²) in [4.78, 5) is 28.7. The third kappa shape index (κ3) is 2.67. The number of fused-ring (bicyclic) bond motifs is 1. The molecule has 0 bridgehead atoms. The Morgan fingerprint density at radius 2 is 2.00 bits per heavy atom. The molecular formula is C13H11N5OS. The highest BCUT2D eigenvalue weighted by atomic mass is 32.2. The largest absolute Gasteiger partial charge is 0.326 e. The molecular weight excluding hydrogens is 274 g/mol. The van der Waals surface area contributed by atoms with Crippen LogP contribution < -0.4 is 5.32 Å². The number of carbonyl (C=O) groups is 1. The van der Waals surface area contributed by atoms with Gasteiger partial charge in [-0.25, -0.2) is 15.0 Å². The molecule has 100 valence electrons. The van der Waals surface area contributed by atoms with Gasteiger partial charge in [0.1, 0.15) is 17.7 Å². The molecule has 1 atom stereocenters. The summed E-state index contributed by atoms with van der Waals surface area (Å²) in [6.07, 6.45) is 3.01. The van der Waals surface area contributed by atoms with Crippen molar-refractivity contribution in [2.45, 2.75) is 17.9 Å². The van der Waals surface area contributed by atoms with Crippen LogP contribution in [0.2, 0.25) is 0 Å². The molecule has 0 saturated carbocycles. The summed E-state index contributed by atoms with van der Waals surface area (Å²) in [5, 5.41) is 3.58. The first-order valence-electron chi connectivity index (χ1n) is 5.97. The minimum atomic E-state index is -0.181. The Balaban J connectivity index is 1.73. The first kappa shape index (κ1) is 12.7. The Morgan fingerprint density at radius 3 is 2.75 bits per heavy atom. The molecule has 3 rings (SSSR count). The Hall–Kier alpha value is -2.28. The number of thioether (sulfide) groups is 1. The number of nitrogens with zero attached hydrogens (tertiary/aromatic N) is 4. The average Bonchev–Trinajstić information content (AvgIpc) is 2.90. The number of aliphatic imine (C=N–C) groups is 4. The fourth-order valence-electron chi connectivity index (χ4n) is 1.80. The van der Waals surface area contributed by atoms with Gasteiger partial charge in [-0.15, -0.1) is 0 Å². The normalized spacial score (nSPS) is 19.4. The van der Waals surface area contributed by atoms with Gasteiger partial charge in [0.15, 0.2) is 11.9 Å². The minimum absolute atomic E-state index is 0.0839. The van der Waals surface area contributed by atoms with Crippen LogP contribution in [0.5, 0.6) is 0 Å². The zero-order valence-electron chi connectivity index (χ0n) is 10.6. The van der Waals surface area contributed by atoms with Gasteiger partial charge in [-0.1, -0.05) is 11.8 Å². The number of hydrogen-bond acceptors (Lipinski definition) is 6. The lowest BCUT2D eigenvalue weighted by Crippen LogP contribution is -2.25. The molecule has 6 nitrogen and oxygen atoms in total. The number of hydrogen-bond donors (Lipinski definition) is 1. The predicted octanol–water partition coefficient (Wildman–Crippen LogP) is 1.99. The van der Waals surface area contributed by atoms with Crippen molar-refractivity contribution in [3.63, 3.8) is 0 Å². The summed E-state index contributed by atoms with van der Waals surface area (Å²) in [6, 6.07) is 7.39. The van der Waals surface area contributed by atoms with Gasteiger partial charge in [0, 0.05) is 17.5 Å². The van der Waals surface area contributed by atoms with E-state index in [1.54, 1.807) is 0 Å². The van der Waals surface area contributed by atoms with E-state index in [1.807, 2.05) is 24.3 Å². The molecule has 1 unspecified atom stereocenters. The summed E-state index contributed by atoms with van der Waals surface area (Å²) in [7, 11) is 0. The molecule has 2 aliphatic rings. The van der Waals surface area contributed by atoms with Crippen LogP contribution in [0.15, 0.2) is 49.1 Å². The molecule has 2 heterocycles. The fourth-order valence-corrected chi connectivity index (χ4v) is 2.69. The third-order valence-corrected chi connectivity index (χ3v) is 3.70. The molecule has 7 heteroatoms. The first-order chi connectivity index (χ1) is 9.72. The maximum absolute atomic E-state index is 11.0. The molecule has 0 spiro atoms. The maximum atomic E-state index is 11.0. The van der Waals surface area contributed by atoms with E-state index < -0.39 is 0 Å². The van der Waals surface area contributed by atoms with E-state index >= 15 is 0 Å². The zero-order chi connectivity index (χ0) is 13.9. The highest BCUT2D eigenvalue weighted by Crippen LogP contribution is 2.26. The quantitative estimate of drug-likeness (QED) is 0.901. The monoisotopic (exact) mass is 285 g/mol. The van der Waals surface area contributed by atoms with Crippen molar-refractivity contribution < 1.29 is 4.79 Å². The molecule has 0 radical (unpaired) electrons. The van der Waals surface area contributed by atoms with E-state index in [0.29, 0.717) is 5.84 Å². The van der Waals surface area contributed by atoms with Crippen LogP contribution >= 0.6 is 11.8 Å². The molecule has 20 heavy (non-hydrogen) atoms. The maximum Gasteiger partial charge on any atom is 0.221 e. The van der Waals surface area contributed by atoms with Gasteiger partial charge in [-0.3, -0.25) is 9.79 Å². The second-order valence-electron chi connectivity index (χ2n) is 4.17. The van der Waals surface area contributed by atoms with Gasteiger partial charge < -0.3 is 5.32 Å². The molecule has 0 aromatic heterocycles. The zero-order valence-corrected chi connectivity index (χ0v) is 11.5. The lowest BCUT2D eigenvalue weighted by Gasteiger charge is -2.13. The van der Waals surface area contributed by atoms with Crippen molar-refractivity contribution in [3.05, 3.63) is 24.3 Å². The number of nitrogens with one attached hydrogen (secondary N) is 1. The van der Waals surface area contributed by atoms with E-state index in [9.17, 15) is 4.79 Å². The van der Waals surface area contributed by atoms with E-state index in [0.717, 1.165) is 15.6 Å². The highest BCUT2D eigenvalue weighted by molar-refractivity contribution is 8.14. The second-order valence-corrected chi connectivity index (χ2v) is 5.27. The van der Waals surface area contributed by atoms with Crippen LogP contribution in [0, 0.1) is 0 Å². The second kappa shape index (κ2) is 5.38. The molecule has 1 aromatic carbocycles. The van der Waals surface area contributed by atoms with E-state index in [4.69, 9.17) is 0 Å². The van der Waals surface area contributed by atoms with Gasteiger partial charge in [0.2, 0.25) is 5.91 Å². The fraction of sp³-hybridized carbons (Fsp3) is 0.154. The predicted molar refractivity (Wildman–Crippen MR) is 82.2 cm³/mol. The number of anilines is 1. The molecule has 1 N–H and O–H groups in total. The van der Waals surface area contributed by atoms with Gasteiger partial charge >= 0.3 is 0 Å². The standard InChI is InChI=1S/C13H11N5OS/c1-8(19)18-9-2-4-10(5-3-9)20-13-11-12(15-6-14-11)16-7-17-13/h2-7,11H,1H3,(H,18,19). The molecule has 1 amide bonds. The number of amidine groups is 1. The van der Waals surface area contributed by atoms with Crippen molar-refractivity contribution in [1.29, 1.82) is 0 Å². The molecule has 0 fully saturated rings. The molecule has 1 aromatic rings. The number of rotatable bonds is 2. The van der Waals surface area contributed by atoms with Gasteiger partial charge in [-0.05, 0) is 24.3 Å². The Labute approximate surface area is 119 Å². The van der Waals surface area contributed by atoms with Crippen LogP contribution in [0.25, 0.3) is 0 Å². The molecule has 2 aliphatic heterocycles. The van der Waals surface area contributed by atoms with E-state index in [1.165, 1.54) is 31.4 Å². The Morgan fingerprint density at radius 1 is 1.20 bits per heavy atom. The van der Waals surface area contributed by atoms with Crippen LogP contribution in [-0.2, 0) is 4.79 Å². The molecule has 0 aliphatic carbocycles. The number of amides is 1. The van der Waals surface area contributed by atoms with Gasteiger partial charge in [0.05, 0.1) is 0 Å². The van der Waals surface area contributed by atoms with Crippen molar-refractivity contribution in [1.82, 2.24) is 0 Å². The number of benzene rings is 1. The smallest absolute Gasteiger partial charge is 0.221 e. The topological polar surface area (TPSA) is 78.5 Å². The summed E-state index contributed by atoms with van der Waals surface area (Å²) < 4.78 is 0. The van der Waals surface area contributed by atoms with Crippen LogP contribution in [0.3, 0.4) is 0 Å². The van der Waals surface area contributed by atoms with E-state index in [2.05, 4.69) is 25.3 Å². The molecule has 0 saturated heterocycles. The van der Waals surface area contributed by atoms with Crippen LogP contribution in [0.1, 0.15) is 6.92 Å². The lowest BCUT2D eigenvalue weighted by atomic mass is 10.3. The summed E-state index contributed by atoms with van der Waals surface area (Å²) in [6.45, 7) is 1.48. The minimum Gasteiger partial charge on any atom is -0.326 e. The summed E-state index contributed by atoms with van der Waals surface area (Å²) in [5.41, 5.74) is 0.773. The van der Waals surface area contributed by atoms with Gasteiger partial charge in [-0.2, -0.15) is 0 Å². The van der Waals surface area contributed by atoms with Crippen molar-refractivity contribution >= 4 is 46.9 Å². The lowest BCUT2D eigenvalue weighted by molar-refractivity contribution is -0.114. The third-order valence-electron chi connectivity index (χ3n) is 2.66. The van der Waals surface area contributed by atoms with Crippen molar-refractivity contribution in [2.75, 3.05) is 5.32 Å². The highest BCUT2D eigenvalue weighted by Gasteiger charge is 2.26. The van der Waals surface area contributed by atoms with Crippen LogP contribution in [0.4, 0.5) is 5.69 Å².